The third-order valence-corrected chi connectivity index (χ3v) is 3.08. The zero-order valence-corrected chi connectivity index (χ0v) is 9.20. The van der Waals surface area contributed by atoms with Gasteiger partial charge in [-0.2, -0.15) is 0 Å². The summed E-state index contributed by atoms with van der Waals surface area (Å²) in [6.45, 7) is 4.75. The number of fused-ring (bicyclic) bond motifs is 2. The first-order valence-electron chi connectivity index (χ1n) is 5.11. The molecule has 0 aromatic heterocycles. The van der Waals surface area contributed by atoms with E-state index in [-0.39, 0.29) is 5.41 Å². The lowest BCUT2D eigenvalue weighted by Crippen LogP contribution is -2.15. The Balaban J connectivity index is 2.25. The second kappa shape index (κ2) is 2.54. The minimum Gasteiger partial charge on any atom is -0.454 e. The van der Waals surface area contributed by atoms with Crippen molar-refractivity contribution in [1.82, 2.24) is 0 Å². The summed E-state index contributed by atoms with van der Waals surface area (Å²) in [5.74, 6) is 1.72. The SMILES string of the molecule is C[N+]1=CC(C)(C)c2cc3c(cc21)OCO3. The maximum atomic E-state index is 5.40. The van der Waals surface area contributed by atoms with Crippen LogP contribution in [0.4, 0.5) is 5.69 Å². The molecule has 15 heavy (non-hydrogen) atoms. The molecule has 1 aromatic rings. The van der Waals surface area contributed by atoms with Gasteiger partial charge in [-0.15, -0.1) is 0 Å². The van der Waals surface area contributed by atoms with Crippen LogP contribution in [0.1, 0.15) is 19.4 Å². The van der Waals surface area contributed by atoms with E-state index in [0.29, 0.717) is 6.79 Å². The topological polar surface area (TPSA) is 21.5 Å². The molecule has 1 aromatic carbocycles. The standard InChI is InChI=1S/C12H14NO2/c1-12(2)6-13(3)9-5-11-10(4-8(9)12)14-7-15-11/h4-6H,7H2,1-3H3/q+1. The average Bonchev–Trinajstić information content (AvgIpc) is 2.68. The van der Waals surface area contributed by atoms with Gasteiger partial charge in [-0.25, -0.2) is 4.58 Å². The molecule has 0 bridgehead atoms. The van der Waals surface area contributed by atoms with Gasteiger partial charge >= 0.3 is 0 Å². The predicted octanol–water partition coefficient (Wildman–Crippen LogP) is 2.05. The minimum atomic E-state index is 0.0745. The number of nitrogens with zero attached hydrogens (tertiary/aromatic N) is 1. The third-order valence-electron chi connectivity index (χ3n) is 3.08. The van der Waals surface area contributed by atoms with Crippen LogP contribution in [0.25, 0.3) is 0 Å². The molecule has 0 unspecified atom stereocenters. The lowest BCUT2D eigenvalue weighted by Gasteiger charge is -2.11. The molecule has 78 valence electrons. The van der Waals surface area contributed by atoms with E-state index >= 15 is 0 Å². The van der Waals surface area contributed by atoms with Gasteiger partial charge in [0, 0.05) is 5.56 Å². The molecule has 2 aliphatic heterocycles. The molecule has 0 aliphatic carbocycles. The van der Waals surface area contributed by atoms with Crippen molar-refractivity contribution in [3.63, 3.8) is 0 Å². The van der Waals surface area contributed by atoms with Crippen molar-refractivity contribution >= 4 is 11.9 Å². The van der Waals surface area contributed by atoms with Gasteiger partial charge in [0.05, 0.1) is 11.5 Å². The summed E-state index contributed by atoms with van der Waals surface area (Å²) in [5.41, 5.74) is 2.59. The summed E-state index contributed by atoms with van der Waals surface area (Å²) < 4.78 is 12.9. The van der Waals surface area contributed by atoms with Crippen LogP contribution in [0, 0.1) is 0 Å². The normalized spacial score (nSPS) is 20.1. The first kappa shape index (κ1) is 8.77. The molecule has 0 spiro atoms. The van der Waals surface area contributed by atoms with Crippen molar-refractivity contribution in [2.24, 2.45) is 0 Å². The summed E-state index contributed by atoms with van der Waals surface area (Å²) >= 11 is 0. The fourth-order valence-electron chi connectivity index (χ4n) is 2.36. The quantitative estimate of drug-likeness (QED) is 0.603. The van der Waals surface area contributed by atoms with Gasteiger partial charge in [0.15, 0.2) is 17.7 Å². The van der Waals surface area contributed by atoms with Gasteiger partial charge in [-0.1, -0.05) is 0 Å². The van der Waals surface area contributed by atoms with E-state index in [0.717, 1.165) is 11.5 Å². The second-order valence-electron chi connectivity index (χ2n) is 4.68. The molecule has 2 heterocycles. The van der Waals surface area contributed by atoms with Crippen LogP contribution < -0.4 is 9.47 Å². The zero-order chi connectivity index (χ0) is 10.6. The molecule has 0 radical (unpaired) electrons. The maximum Gasteiger partial charge on any atom is 0.231 e. The highest BCUT2D eigenvalue weighted by molar-refractivity contribution is 5.78. The van der Waals surface area contributed by atoms with Crippen LogP contribution in [0.5, 0.6) is 11.5 Å². The smallest absolute Gasteiger partial charge is 0.231 e. The van der Waals surface area contributed by atoms with E-state index in [4.69, 9.17) is 9.47 Å². The molecule has 0 amide bonds. The van der Waals surface area contributed by atoms with Gasteiger partial charge < -0.3 is 9.47 Å². The molecule has 0 saturated carbocycles. The summed E-state index contributed by atoms with van der Waals surface area (Å²) in [7, 11) is 2.07. The Morgan fingerprint density at radius 2 is 1.87 bits per heavy atom. The summed E-state index contributed by atoms with van der Waals surface area (Å²) in [6, 6.07) is 4.15. The molecule has 0 N–H and O–H groups in total. The van der Waals surface area contributed by atoms with Crippen molar-refractivity contribution in [2.75, 3.05) is 13.8 Å². The number of ether oxygens (including phenoxy) is 2. The summed E-state index contributed by atoms with van der Waals surface area (Å²) in [5, 5.41) is 0. The van der Waals surface area contributed by atoms with Crippen LogP contribution >= 0.6 is 0 Å². The highest BCUT2D eigenvalue weighted by Gasteiger charge is 2.37. The minimum absolute atomic E-state index is 0.0745. The van der Waals surface area contributed by atoms with Gasteiger partial charge in [-0.05, 0) is 19.9 Å². The molecular weight excluding hydrogens is 190 g/mol. The molecule has 2 aliphatic rings. The van der Waals surface area contributed by atoms with Crippen LogP contribution in [0.15, 0.2) is 12.1 Å². The van der Waals surface area contributed by atoms with Gasteiger partial charge in [-0.3, -0.25) is 0 Å². The van der Waals surface area contributed by atoms with E-state index in [1.54, 1.807) is 0 Å². The largest absolute Gasteiger partial charge is 0.454 e. The van der Waals surface area contributed by atoms with Gasteiger partial charge in [0.1, 0.15) is 7.05 Å². The van der Waals surface area contributed by atoms with Gasteiger partial charge in [0.2, 0.25) is 12.5 Å². The van der Waals surface area contributed by atoms with Crippen molar-refractivity contribution in [3.05, 3.63) is 17.7 Å². The van der Waals surface area contributed by atoms with Crippen molar-refractivity contribution in [3.8, 4) is 11.5 Å². The first-order chi connectivity index (χ1) is 7.08. The highest BCUT2D eigenvalue weighted by atomic mass is 16.7. The van der Waals surface area contributed by atoms with Gasteiger partial charge in [0.25, 0.3) is 0 Å². The fraction of sp³-hybridized carbons (Fsp3) is 0.417. The average molecular weight is 204 g/mol. The molecule has 0 fully saturated rings. The van der Waals surface area contributed by atoms with E-state index in [2.05, 4.69) is 43.8 Å². The first-order valence-corrected chi connectivity index (χ1v) is 5.11. The second-order valence-corrected chi connectivity index (χ2v) is 4.68. The lowest BCUT2D eigenvalue weighted by molar-refractivity contribution is -0.397. The number of benzene rings is 1. The molecular formula is C12H14NO2+. The Hall–Kier alpha value is -1.51. The van der Waals surface area contributed by atoms with E-state index in [1.807, 2.05) is 0 Å². The Kier molecular flexibility index (Phi) is 1.48. The molecule has 3 nitrogen and oxygen atoms in total. The monoisotopic (exact) mass is 204 g/mol. The Bertz CT molecular complexity index is 475. The lowest BCUT2D eigenvalue weighted by atomic mass is 9.87. The van der Waals surface area contributed by atoms with Crippen molar-refractivity contribution < 1.29 is 14.0 Å². The van der Waals surface area contributed by atoms with E-state index in [9.17, 15) is 0 Å². The zero-order valence-electron chi connectivity index (χ0n) is 9.20. The Morgan fingerprint density at radius 1 is 1.20 bits per heavy atom. The van der Waals surface area contributed by atoms with E-state index < -0.39 is 0 Å². The van der Waals surface area contributed by atoms with Crippen molar-refractivity contribution in [1.29, 1.82) is 0 Å². The summed E-state index contributed by atoms with van der Waals surface area (Å²) in [4.78, 5) is 0. The molecule has 0 saturated heterocycles. The highest BCUT2D eigenvalue weighted by Crippen LogP contribution is 2.44. The van der Waals surface area contributed by atoms with Crippen molar-refractivity contribution in [2.45, 2.75) is 19.3 Å². The number of hydrogen-bond donors (Lipinski definition) is 0. The Labute approximate surface area is 88.9 Å². The van der Waals surface area contributed by atoms with Crippen LogP contribution in [-0.2, 0) is 5.41 Å². The van der Waals surface area contributed by atoms with Crippen LogP contribution in [0.2, 0.25) is 0 Å². The Morgan fingerprint density at radius 3 is 2.60 bits per heavy atom. The maximum absolute atomic E-state index is 5.40. The fourth-order valence-corrected chi connectivity index (χ4v) is 2.36. The molecule has 3 heteroatoms. The summed E-state index contributed by atoms with van der Waals surface area (Å²) in [6.07, 6.45) is 2.22. The third kappa shape index (κ3) is 1.09. The number of hydrogen-bond acceptors (Lipinski definition) is 2. The van der Waals surface area contributed by atoms with Crippen LogP contribution in [-0.4, -0.2) is 24.6 Å². The molecule has 3 rings (SSSR count). The van der Waals surface area contributed by atoms with Crippen LogP contribution in [0.3, 0.4) is 0 Å². The van der Waals surface area contributed by atoms with E-state index in [1.165, 1.54) is 11.3 Å². The molecule has 0 atom stereocenters. The number of rotatable bonds is 0. The predicted molar refractivity (Wildman–Crippen MR) is 57.5 cm³/mol.